The average Bonchev–Trinajstić information content (AvgIpc) is 3.07. The number of amides is 2. The first-order valence-corrected chi connectivity index (χ1v) is 9.13. The van der Waals surface area contributed by atoms with Crippen molar-refractivity contribution in [1.82, 2.24) is 10.2 Å². The van der Waals surface area contributed by atoms with E-state index in [-0.39, 0.29) is 0 Å². The largest absolute Gasteiger partial charge is 0.467 e. The topological polar surface area (TPSA) is 84.9 Å². The van der Waals surface area contributed by atoms with E-state index in [9.17, 15) is 14.4 Å². The number of esters is 1. The van der Waals surface area contributed by atoms with Gasteiger partial charge in [-0.1, -0.05) is 23.7 Å². The molecule has 1 N–H and O–H groups in total. The molecule has 0 bridgehead atoms. The van der Waals surface area contributed by atoms with Crippen molar-refractivity contribution in [3.63, 3.8) is 0 Å². The van der Waals surface area contributed by atoms with Crippen LogP contribution in [0.4, 0.5) is 4.79 Å². The van der Waals surface area contributed by atoms with Gasteiger partial charge in [0, 0.05) is 11.6 Å². The molecule has 8 heteroatoms. The Kier molecular flexibility index (Phi) is 6.70. The van der Waals surface area contributed by atoms with Crippen molar-refractivity contribution in [3.05, 3.63) is 34.9 Å². The van der Waals surface area contributed by atoms with Gasteiger partial charge in [0.2, 0.25) is 0 Å². The number of nitrogens with zero attached hydrogens (tertiary/aromatic N) is 1. The molecular weight excluding hydrogens is 372 g/mol. The highest BCUT2D eigenvalue weighted by molar-refractivity contribution is 6.30. The summed E-state index contributed by atoms with van der Waals surface area (Å²) in [5.41, 5.74) is -0.161. The summed E-state index contributed by atoms with van der Waals surface area (Å²) in [5.74, 6) is -0.857. The van der Waals surface area contributed by atoms with E-state index in [2.05, 4.69) is 5.32 Å². The van der Waals surface area contributed by atoms with Gasteiger partial charge in [0.25, 0.3) is 5.91 Å². The van der Waals surface area contributed by atoms with Crippen molar-refractivity contribution in [3.8, 4) is 0 Å². The molecule has 0 aromatic heterocycles. The van der Waals surface area contributed by atoms with Crippen molar-refractivity contribution < 1.29 is 23.9 Å². The first kappa shape index (κ1) is 21.0. The van der Waals surface area contributed by atoms with Crippen LogP contribution in [0.3, 0.4) is 0 Å². The fourth-order valence-electron chi connectivity index (χ4n) is 2.95. The molecule has 1 aromatic carbocycles. The van der Waals surface area contributed by atoms with Crippen LogP contribution in [0, 0.1) is 0 Å². The number of hydrogen-bond donors (Lipinski definition) is 1. The third-order valence-electron chi connectivity index (χ3n) is 4.12. The van der Waals surface area contributed by atoms with E-state index in [4.69, 9.17) is 21.1 Å². The van der Waals surface area contributed by atoms with Crippen molar-refractivity contribution >= 4 is 29.6 Å². The number of hydrogen-bond acceptors (Lipinski definition) is 5. The maximum absolute atomic E-state index is 13.2. The van der Waals surface area contributed by atoms with Gasteiger partial charge < -0.3 is 19.7 Å². The summed E-state index contributed by atoms with van der Waals surface area (Å²) in [5, 5.41) is 3.13. The van der Waals surface area contributed by atoms with Crippen molar-refractivity contribution in [1.29, 1.82) is 0 Å². The van der Waals surface area contributed by atoms with E-state index in [1.807, 2.05) is 0 Å². The van der Waals surface area contributed by atoms with E-state index in [0.29, 0.717) is 30.0 Å². The molecular formula is C19H25ClN2O5. The fraction of sp³-hybridized carbons (Fsp3) is 0.526. The van der Waals surface area contributed by atoms with Gasteiger partial charge in [-0.15, -0.1) is 0 Å². The Morgan fingerprint density at radius 1 is 1.22 bits per heavy atom. The van der Waals surface area contributed by atoms with Crippen LogP contribution in [0.15, 0.2) is 24.3 Å². The third-order valence-corrected chi connectivity index (χ3v) is 4.37. The Bertz CT molecular complexity index is 699. The minimum Gasteiger partial charge on any atom is -0.467 e. The van der Waals surface area contributed by atoms with Gasteiger partial charge in [-0.2, -0.15) is 0 Å². The summed E-state index contributed by atoms with van der Waals surface area (Å²) < 4.78 is 10.1. The molecule has 1 saturated heterocycles. The lowest BCUT2D eigenvalue weighted by Gasteiger charge is -2.29. The lowest BCUT2D eigenvalue weighted by molar-refractivity contribution is -0.151. The monoisotopic (exact) mass is 396 g/mol. The maximum atomic E-state index is 13.2. The average molecular weight is 397 g/mol. The SMILES string of the molecule is COC(=O)[C@@H]1CCCN1C(=O)[C@H](NC(=O)OC(C)(C)C)c1ccc(Cl)cc1. The highest BCUT2D eigenvalue weighted by Gasteiger charge is 2.39. The number of methoxy groups -OCH3 is 1. The van der Waals surface area contributed by atoms with Crippen LogP contribution in [-0.2, 0) is 19.1 Å². The molecule has 0 unspecified atom stereocenters. The molecule has 0 spiro atoms. The van der Waals surface area contributed by atoms with Gasteiger partial charge in [0.1, 0.15) is 17.7 Å². The first-order valence-electron chi connectivity index (χ1n) is 8.75. The van der Waals surface area contributed by atoms with Crippen LogP contribution >= 0.6 is 11.6 Å². The second-order valence-corrected chi connectivity index (χ2v) is 7.78. The zero-order chi connectivity index (χ0) is 20.2. The van der Waals surface area contributed by atoms with Crippen LogP contribution in [0.2, 0.25) is 5.02 Å². The normalized spacial score (nSPS) is 18.0. The quantitative estimate of drug-likeness (QED) is 0.790. The predicted octanol–water partition coefficient (Wildman–Crippen LogP) is 3.07. The maximum Gasteiger partial charge on any atom is 0.408 e. The molecule has 1 aliphatic heterocycles. The Morgan fingerprint density at radius 3 is 2.41 bits per heavy atom. The van der Waals surface area contributed by atoms with E-state index in [0.717, 1.165) is 0 Å². The summed E-state index contributed by atoms with van der Waals surface area (Å²) in [6.07, 6.45) is 0.494. The number of rotatable bonds is 4. The molecule has 1 aromatic rings. The number of carbonyl (C=O) groups is 3. The fourth-order valence-corrected chi connectivity index (χ4v) is 3.07. The number of nitrogens with one attached hydrogen (secondary N) is 1. The highest BCUT2D eigenvalue weighted by Crippen LogP contribution is 2.25. The summed E-state index contributed by atoms with van der Waals surface area (Å²) in [4.78, 5) is 38.9. The summed E-state index contributed by atoms with van der Waals surface area (Å²) in [6, 6.07) is 4.93. The standard InChI is InChI=1S/C19H25ClN2O5/c1-19(2,3)27-18(25)21-15(12-7-9-13(20)10-8-12)16(23)22-11-5-6-14(22)17(24)26-4/h7-10,14-15H,5-6,11H2,1-4H3,(H,21,25)/t14-,15+/m0/s1. The van der Waals surface area contributed by atoms with E-state index in [1.54, 1.807) is 45.0 Å². The van der Waals surface area contributed by atoms with Gasteiger partial charge in [0.15, 0.2) is 0 Å². The smallest absolute Gasteiger partial charge is 0.408 e. The Hall–Kier alpha value is -2.28. The summed E-state index contributed by atoms with van der Waals surface area (Å²) in [6.45, 7) is 5.62. The van der Waals surface area contributed by atoms with Gasteiger partial charge in [-0.25, -0.2) is 9.59 Å². The van der Waals surface area contributed by atoms with Gasteiger partial charge in [0.05, 0.1) is 7.11 Å². The predicted molar refractivity (Wildman–Crippen MR) is 100 cm³/mol. The van der Waals surface area contributed by atoms with Crippen molar-refractivity contribution in [2.75, 3.05) is 13.7 Å². The second kappa shape index (κ2) is 8.61. The van der Waals surface area contributed by atoms with E-state index in [1.165, 1.54) is 12.0 Å². The Morgan fingerprint density at radius 2 is 1.85 bits per heavy atom. The first-order chi connectivity index (χ1) is 12.6. The lowest BCUT2D eigenvalue weighted by Crippen LogP contribution is -2.48. The minimum absolute atomic E-state index is 0.393. The second-order valence-electron chi connectivity index (χ2n) is 7.34. The molecule has 1 heterocycles. The highest BCUT2D eigenvalue weighted by atomic mass is 35.5. The zero-order valence-corrected chi connectivity index (χ0v) is 16.7. The van der Waals surface area contributed by atoms with Crippen molar-refractivity contribution in [2.45, 2.75) is 51.3 Å². The van der Waals surface area contributed by atoms with Crippen LogP contribution in [-0.4, -0.2) is 48.2 Å². The number of alkyl carbamates (subject to hydrolysis) is 1. The van der Waals surface area contributed by atoms with Crippen LogP contribution < -0.4 is 5.32 Å². The minimum atomic E-state index is -0.998. The Balaban J connectivity index is 2.28. The molecule has 2 rings (SSSR count). The molecule has 7 nitrogen and oxygen atoms in total. The number of carbonyl (C=O) groups excluding carboxylic acids is 3. The number of ether oxygens (including phenoxy) is 2. The molecule has 1 fully saturated rings. The van der Waals surface area contributed by atoms with Gasteiger partial charge in [-0.3, -0.25) is 4.79 Å². The number of likely N-dealkylation sites (tertiary alicyclic amines) is 1. The molecule has 148 valence electrons. The van der Waals surface area contributed by atoms with Crippen LogP contribution in [0.1, 0.15) is 45.2 Å². The molecule has 2 amide bonds. The number of benzene rings is 1. The van der Waals surface area contributed by atoms with Crippen molar-refractivity contribution in [2.24, 2.45) is 0 Å². The third kappa shape index (κ3) is 5.60. The summed E-state index contributed by atoms with van der Waals surface area (Å²) in [7, 11) is 1.29. The molecule has 0 saturated carbocycles. The molecule has 0 aliphatic carbocycles. The molecule has 2 atom stereocenters. The van der Waals surface area contributed by atoms with Crippen LogP contribution in [0.25, 0.3) is 0 Å². The molecule has 27 heavy (non-hydrogen) atoms. The lowest BCUT2D eigenvalue weighted by atomic mass is 10.1. The number of halogens is 1. The molecule has 1 aliphatic rings. The van der Waals surface area contributed by atoms with Gasteiger partial charge in [-0.05, 0) is 51.3 Å². The summed E-state index contributed by atoms with van der Waals surface area (Å²) >= 11 is 5.93. The van der Waals surface area contributed by atoms with Gasteiger partial charge >= 0.3 is 12.1 Å². The van der Waals surface area contributed by atoms with Crippen LogP contribution in [0.5, 0.6) is 0 Å². The molecule has 0 radical (unpaired) electrons. The zero-order valence-electron chi connectivity index (χ0n) is 16.0. The van der Waals surface area contributed by atoms with E-state index >= 15 is 0 Å². The van der Waals surface area contributed by atoms with E-state index < -0.39 is 35.7 Å². The Labute approximate surface area is 163 Å².